The van der Waals surface area contributed by atoms with E-state index in [1.165, 1.54) is 0 Å². The van der Waals surface area contributed by atoms with Crippen LogP contribution < -0.4 is 0 Å². The molecule has 5 heteroatoms. The second-order valence-corrected chi connectivity index (χ2v) is 3.07. The molecular weight excluding hydrogens is 202 g/mol. The number of aromatic nitrogens is 3. The van der Waals surface area contributed by atoms with Crippen LogP contribution in [0.4, 0.5) is 0 Å². The minimum absolute atomic E-state index is 0.356. The summed E-state index contributed by atoms with van der Waals surface area (Å²) >= 11 is 5.73. The Hall–Kier alpha value is -1.42. The number of alkyl halides is 1. The minimum atomic E-state index is 0.356. The summed E-state index contributed by atoms with van der Waals surface area (Å²) in [7, 11) is 0. The summed E-state index contributed by atoms with van der Waals surface area (Å²) in [6.07, 6.45) is 4.84. The molecule has 0 N–H and O–H groups in total. The van der Waals surface area contributed by atoms with E-state index >= 15 is 0 Å². The molecule has 0 radical (unpaired) electrons. The van der Waals surface area contributed by atoms with E-state index in [0.717, 1.165) is 11.3 Å². The second kappa shape index (κ2) is 3.75. The van der Waals surface area contributed by atoms with Gasteiger partial charge in [0, 0.05) is 18.0 Å². The van der Waals surface area contributed by atoms with Gasteiger partial charge in [-0.25, -0.2) is 4.98 Å². The highest BCUT2D eigenvalue weighted by molar-refractivity contribution is 6.17. The number of nitrogens with zero attached hydrogens (tertiary/aromatic N) is 3. The molecular formula is C9H8ClN3O. The first kappa shape index (κ1) is 9.15. The maximum absolute atomic E-state index is 5.73. The fourth-order valence-electron chi connectivity index (χ4n) is 1.18. The van der Waals surface area contributed by atoms with E-state index in [2.05, 4.69) is 15.1 Å². The van der Waals surface area contributed by atoms with Crippen LogP contribution in [-0.2, 0) is 5.88 Å². The zero-order valence-corrected chi connectivity index (χ0v) is 8.32. The van der Waals surface area contributed by atoms with Gasteiger partial charge in [0.2, 0.25) is 0 Å². The Labute approximate surface area is 85.9 Å². The van der Waals surface area contributed by atoms with Crippen LogP contribution in [0.5, 0.6) is 0 Å². The number of rotatable bonds is 2. The Morgan fingerprint density at radius 3 is 2.86 bits per heavy atom. The molecule has 0 aliphatic rings. The molecule has 0 aliphatic heterocycles. The molecule has 2 aromatic rings. The molecule has 0 spiro atoms. The Morgan fingerprint density at radius 1 is 1.36 bits per heavy atom. The van der Waals surface area contributed by atoms with Crippen LogP contribution >= 0.6 is 11.6 Å². The molecule has 0 aromatic carbocycles. The standard InChI is InChI=1S/C9H8ClN3O/c1-6-8(12-3-2-11-6)9-7(4-10)5-13-14-9/h2-3,5H,4H2,1H3. The van der Waals surface area contributed by atoms with Gasteiger partial charge >= 0.3 is 0 Å². The summed E-state index contributed by atoms with van der Waals surface area (Å²) in [6, 6.07) is 0. The first-order chi connectivity index (χ1) is 6.83. The van der Waals surface area contributed by atoms with Gasteiger partial charge < -0.3 is 4.52 Å². The Bertz CT molecular complexity index is 441. The van der Waals surface area contributed by atoms with Gasteiger partial charge in [0.1, 0.15) is 5.69 Å². The van der Waals surface area contributed by atoms with Gasteiger partial charge in [-0.3, -0.25) is 4.98 Å². The summed E-state index contributed by atoms with van der Waals surface area (Å²) in [5.74, 6) is 0.958. The summed E-state index contributed by atoms with van der Waals surface area (Å²) in [5.41, 5.74) is 2.33. The van der Waals surface area contributed by atoms with Gasteiger partial charge in [0.05, 0.1) is 17.8 Å². The molecule has 0 saturated carbocycles. The van der Waals surface area contributed by atoms with Crippen molar-refractivity contribution in [2.45, 2.75) is 12.8 Å². The maximum Gasteiger partial charge on any atom is 0.191 e. The summed E-state index contributed by atoms with van der Waals surface area (Å²) < 4.78 is 5.09. The lowest BCUT2D eigenvalue weighted by Gasteiger charge is -1.99. The number of hydrogen-bond acceptors (Lipinski definition) is 4. The molecule has 72 valence electrons. The molecule has 0 saturated heterocycles. The van der Waals surface area contributed by atoms with Gasteiger partial charge in [-0.05, 0) is 6.92 Å². The molecule has 0 atom stereocenters. The molecule has 4 nitrogen and oxygen atoms in total. The van der Waals surface area contributed by atoms with Crippen LogP contribution in [0, 0.1) is 6.92 Å². The van der Waals surface area contributed by atoms with Gasteiger partial charge in [0.15, 0.2) is 5.76 Å². The lowest BCUT2D eigenvalue weighted by molar-refractivity contribution is 0.430. The first-order valence-corrected chi connectivity index (χ1v) is 4.64. The van der Waals surface area contributed by atoms with Crippen molar-refractivity contribution in [3.8, 4) is 11.5 Å². The molecule has 0 unspecified atom stereocenters. The van der Waals surface area contributed by atoms with Crippen molar-refractivity contribution in [1.29, 1.82) is 0 Å². The van der Waals surface area contributed by atoms with Crippen molar-refractivity contribution in [3.63, 3.8) is 0 Å². The Balaban J connectivity index is 2.54. The number of halogens is 1. The first-order valence-electron chi connectivity index (χ1n) is 4.10. The third-order valence-electron chi connectivity index (χ3n) is 1.88. The molecule has 2 aromatic heterocycles. The molecule has 0 fully saturated rings. The van der Waals surface area contributed by atoms with Crippen LogP contribution in [0.1, 0.15) is 11.3 Å². The lowest BCUT2D eigenvalue weighted by atomic mass is 10.2. The minimum Gasteiger partial charge on any atom is -0.354 e. The molecule has 0 amide bonds. The normalized spacial score (nSPS) is 10.4. The van der Waals surface area contributed by atoms with Crippen LogP contribution in [0.2, 0.25) is 0 Å². The van der Waals surface area contributed by atoms with E-state index < -0.39 is 0 Å². The van der Waals surface area contributed by atoms with E-state index in [-0.39, 0.29) is 0 Å². The predicted molar refractivity (Wildman–Crippen MR) is 51.8 cm³/mol. The quantitative estimate of drug-likeness (QED) is 0.712. The third kappa shape index (κ3) is 1.48. The van der Waals surface area contributed by atoms with Gasteiger partial charge in [0.25, 0.3) is 0 Å². The fourth-order valence-corrected chi connectivity index (χ4v) is 1.37. The average Bonchev–Trinajstić information content (AvgIpc) is 2.66. The van der Waals surface area contributed by atoms with Crippen molar-refractivity contribution in [2.24, 2.45) is 0 Å². The fraction of sp³-hybridized carbons (Fsp3) is 0.222. The Kier molecular flexibility index (Phi) is 2.45. The zero-order chi connectivity index (χ0) is 9.97. The SMILES string of the molecule is Cc1nccnc1-c1oncc1CCl. The molecule has 14 heavy (non-hydrogen) atoms. The van der Waals surface area contributed by atoms with Crippen molar-refractivity contribution < 1.29 is 4.52 Å². The van der Waals surface area contributed by atoms with E-state index in [9.17, 15) is 0 Å². The smallest absolute Gasteiger partial charge is 0.191 e. The third-order valence-corrected chi connectivity index (χ3v) is 2.17. The van der Waals surface area contributed by atoms with Crippen molar-refractivity contribution in [2.75, 3.05) is 0 Å². The van der Waals surface area contributed by atoms with Crippen LogP contribution in [-0.4, -0.2) is 15.1 Å². The van der Waals surface area contributed by atoms with Crippen molar-refractivity contribution >= 4 is 11.6 Å². The average molecular weight is 210 g/mol. The van der Waals surface area contributed by atoms with E-state index in [0.29, 0.717) is 17.3 Å². The maximum atomic E-state index is 5.73. The number of aryl methyl sites for hydroxylation is 1. The van der Waals surface area contributed by atoms with Gasteiger partial charge in [-0.2, -0.15) is 0 Å². The number of hydrogen-bond donors (Lipinski definition) is 0. The highest BCUT2D eigenvalue weighted by Crippen LogP contribution is 2.24. The van der Waals surface area contributed by atoms with Crippen LogP contribution in [0.15, 0.2) is 23.1 Å². The second-order valence-electron chi connectivity index (χ2n) is 2.80. The van der Waals surface area contributed by atoms with Crippen LogP contribution in [0.25, 0.3) is 11.5 Å². The molecule has 2 rings (SSSR count). The largest absolute Gasteiger partial charge is 0.354 e. The van der Waals surface area contributed by atoms with Crippen molar-refractivity contribution in [1.82, 2.24) is 15.1 Å². The Morgan fingerprint density at radius 2 is 2.14 bits per heavy atom. The topological polar surface area (TPSA) is 51.8 Å². The zero-order valence-electron chi connectivity index (χ0n) is 7.57. The lowest BCUT2D eigenvalue weighted by Crippen LogP contribution is -1.91. The molecule has 2 heterocycles. The molecule has 0 bridgehead atoms. The molecule has 0 aliphatic carbocycles. The van der Waals surface area contributed by atoms with E-state index in [1.54, 1.807) is 18.6 Å². The van der Waals surface area contributed by atoms with Crippen molar-refractivity contribution in [3.05, 3.63) is 29.8 Å². The van der Waals surface area contributed by atoms with Gasteiger partial charge in [-0.1, -0.05) is 5.16 Å². The predicted octanol–water partition coefficient (Wildman–Crippen LogP) is 2.18. The summed E-state index contributed by atoms with van der Waals surface area (Å²) in [4.78, 5) is 8.29. The van der Waals surface area contributed by atoms with Crippen LogP contribution in [0.3, 0.4) is 0 Å². The highest BCUT2D eigenvalue weighted by Gasteiger charge is 2.13. The monoisotopic (exact) mass is 209 g/mol. The summed E-state index contributed by atoms with van der Waals surface area (Å²) in [5, 5.41) is 3.68. The van der Waals surface area contributed by atoms with Gasteiger partial charge in [-0.15, -0.1) is 11.6 Å². The summed E-state index contributed by atoms with van der Waals surface area (Å²) in [6.45, 7) is 1.86. The van der Waals surface area contributed by atoms with E-state index in [4.69, 9.17) is 16.1 Å². The highest BCUT2D eigenvalue weighted by atomic mass is 35.5. The van der Waals surface area contributed by atoms with E-state index in [1.807, 2.05) is 6.92 Å².